The Morgan fingerprint density at radius 3 is 2.22 bits per heavy atom. The quantitative estimate of drug-likeness (QED) is 0.851. The number of hydrogen-bond donors (Lipinski definition) is 0. The van der Waals surface area contributed by atoms with Crippen LogP contribution in [0.4, 0.5) is 0 Å². The van der Waals surface area contributed by atoms with E-state index < -0.39 is 10.0 Å². The molecule has 1 aromatic heterocycles. The Hall–Kier alpha value is -1.44. The number of benzene rings is 1. The standard InChI is InChI=1S/C15H17ClN4O2S/c16-14-3-1-2-4-15(14)23(21,22)19-11-5-6-12(19)10-13(9-11)20-17-7-8-18-20/h1-4,7-8,11-13H,5-6,9-10H2. The largest absolute Gasteiger partial charge is 0.245 e. The molecule has 122 valence electrons. The van der Waals surface area contributed by atoms with Gasteiger partial charge in [0, 0.05) is 12.1 Å². The second-order valence-corrected chi connectivity index (χ2v) is 8.34. The minimum absolute atomic E-state index is 0.00831. The van der Waals surface area contributed by atoms with Crippen molar-refractivity contribution in [3.63, 3.8) is 0 Å². The Labute approximate surface area is 140 Å². The molecule has 0 spiro atoms. The van der Waals surface area contributed by atoms with Crippen LogP contribution in [0.1, 0.15) is 31.7 Å². The third kappa shape index (κ3) is 2.47. The SMILES string of the molecule is O=S(=O)(c1ccccc1Cl)N1C2CCC1CC(n1nccn1)C2. The normalized spacial score (nSPS) is 28.1. The fraction of sp³-hybridized carbons (Fsp3) is 0.467. The highest BCUT2D eigenvalue weighted by atomic mass is 35.5. The molecule has 2 unspecified atom stereocenters. The van der Waals surface area contributed by atoms with Gasteiger partial charge in [-0.25, -0.2) is 8.42 Å². The summed E-state index contributed by atoms with van der Waals surface area (Å²) < 4.78 is 27.8. The highest BCUT2D eigenvalue weighted by Crippen LogP contribution is 2.44. The van der Waals surface area contributed by atoms with Gasteiger partial charge in [-0.15, -0.1) is 0 Å². The molecular weight excluding hydrogens is 336 g/mol. The first-order valence-corrected chi connectivity index (χ1v) is 9.53. The van der Waals surface area contributed by atoms with Crippen LogP contribution in [-0.4, -0.2) is 39.8 Å². The van der Waals surface area contributed by atoms with Crippen molar-refractivity contribution in [1.82, 2.24) is 19.3 Å². The lowest BCUT2D eigenvalue weighted by Crippen LogP contribution is -2.47. The molecule has 2 aliphatic rings. The summed E-state index contributed by atoms with van der Waals surface area (Å²) in [5.41, 5.74) is 0. The molecule has 0 saturated carbocycles. The van der Waals surface area contributed by atoms with E-state index in [1.807, 2.05) is 0 Å². The van der Waals surface area contributed by atoms with Gasteiger partial charge in [0.1, 0.15) is 4.90 Å². The van der Waals surface area contributed by atoms with Crippen molar-refractivity contribution in [2.75, 3.05) is 0 Å². The van der Waals surface area contributed by atoms with E-state index in [0.29, 0.717) is 0 Å². The van der Waals surface area contributed by atoms with Crippen molar-refractivity contribution in [2.45, 2.75) is 48.7 Å². The minimum atomic E-state index is -3.57. The molecule has 2 bridgehead atoms. The molecule has 2 atom stereocenters. The Balaban J connectivity index is 1.66. The Morgan fingerprint density at radius 1 is 1.00 bits per heavy atom. The maximum Gasteiger partial charge on any atom is 0.245 e. The molecule has 3 heterocycles. The predicted octanol–water partition coefficient (Wildman–Crippen LogP) is 2.49. The van der Waals surface area contributed by atoms with Gasteiger partial charge in [0.15, 0.2) is 0 Å². The molecule has 6 nitrogen and oxygen atoms in total. The molecule has 2 fully saturated rings. The van der Waals surface area contributed by atoms with E-state index in [-0.39, 0.29) is 28.0 Å². The molecule has 1 aromatic carbocycles. The van der Waals surface area contributed by atoms with Gasteiger partial charge in [0.2, 0.25) is 10.0 Å². The highest BCUT2D eigenvalue weighted by Gasteiger charge is 2.48. The van der Waals surface area contributed by atoms with Gasteiger partial charge < -0.3 is 0 Å². The molecule has 23 heavy (non-hydrogen) atoms. The summed E-state index contributed by atoms with van der Waals surface area (Å²) in [4.78, 5) is 1.92. The van der Waals surface area contributed by atoms with E-state index in [1.165, 1.54) is 0 Å². The van der Waals surface area contributed by atoms with Crippen molar-refractivity contribution in [3.05, 3.63) is 41.7 Å². The molecule has 0 amide bonds. The van der Waals surface area contributed by atoms with Crippen LogP contribution in [0, 0.1) is 0 Å². The van der Waals surface area contributed by atoms with Gasteiger partial charge in [0.05, 0.1) is 23.5 Å². The fourth-order valence-electron chi connectivity index (χ4n) is 3.87. The van der Waals surface area contributed by atoms with Crippen LogP contribution in [-0.2, 0) is 10.0 Å². The van der Waals surface area contributed by atoms with Crippen LogP contribution in [0.5, 0.6) is 0 Å². The molecule has 0 N–H and O–H groups in total. The van der Waals surface area contributed by atoms with Crippen LogP contribution in [0.2, 0.25) is 5.02 Å². The third-order valence-corrected chi connectivity index (χ3v) is 7.30. The summed E-state index contributed by atoms with van der Waals surface area (Å²) in [6.45, 7) is 0. The smallest absolute Gasteiger partial charge is 0.207 e. The summed E-state index contributed by atoms with van der Waals surface area (Å²) in [5, 5.41) is 8.71. The van der Waals surface area contributed by atoms with E-state index in [4.69, 9.17) is 11.6 Å². The molecule has 2 aliphatic heterocycles. The lowest BCUT2D eigenvalue weighted by Gasteiger charge is -2.37. The van der Waals surface area contributed by atoms with Gasteiger partial charge in [-0.1, -0.05) is 23.7 Å². The maximum absolute atomic E-state index is 13.1. The van der Waals surface area contributed by atoms with Crippen LogP contribution in [0.25, 0.3) is 0 Å². The van der Waals surface area contributed by atoms with Gasteiger partial charge in [-0.05, 0) is 37.8 Å². The molecule has 4 rings (SSSR count). The number of rotatable bonds is 3. The summed E-state index contributed by atoms with van der Waals surface area (Å²) >= 11 is 6.12. The Morgan fingerprint density at radius 2 is 1.61 bits per heavy atom. The predicted molar refractivity (Wildman–Crippen MR) is 85.6 cm³/mol. The van der Waals surface area contributed by atoms with Crippen molar-refractivity contribution in [3.8, 4) is 0 Å². The van der Waals surface area contributed by atoms with Crippen LogP contribution < -0.4 is 0 Å². The average Bonchev–Trinajstić information content (AvgIpc) is 3.15. The van der Waals surface area contributed by atoms with Crippen molar-refractivity contribution < 1.29 is 8.42 Å². The highest BCUT2D eigenvalue weighted by molar-refractivity contribution is 7.89. The van der Waals surface area contributed by atoms with Crippen molar-refractivity contribution in [1.29, 1.82) is 0 Å². The zero-order valence-corrected chi connectivity index (χ0v) is 14.0. The van der Waals surface area contributed by atoms with Crippen molar-refractivity contribution in [2.24, 2.45) is 0 Å². The summed E-state index contributed by atoms with van der Waals surface area (Å²) in [5.74, 6) is 0. The number of fused-ring (bicyclic) bond motifs is 2. The first-order valence-electron chi connectivity index (χ1n) is 7.71. The van der Waals surface area contributed by atoms with Gasteiger partial charge in [-0.3, -0.25) is 0 Å². The lowest BCUT2D eigenvalue weighted by molar-refractivity contribution is 0.174. The first kappa shape index (κ1) is 15.1. The van der Waals surface area contributed by atoms with Gasteiger partial charge in [0.25, 0.3) is 0 Å². The van der Waals surface area contributed by atoms with Gasteiger partial charge in [-0.2, -0.15) is 19.3 Å². The molecule has 2 saturated heterocycles. The van der Waals surface area contributed by atoms with Crippen LogP contribution in [0.3, 0.4) is 0 Å². The van der Waals surface area contributed by atoms with E-state index >= 15 is 0 Å². The lowest BCUT2D eigenvalue weighted by atomic mass is 10.0. The van der Waals surface area contributed by atoms with E-state index in [0.717, 1.165) is 25.7 Å². The van der Waals surface area contributed by atoms with E-state index in [1.54, 1.807) is 45.8 Å². The third-order valence-electron chi connectivity index (χ3n) is 4.80. The maximum atomic E-state index is 13.1. The Kier molecular flexibility index (Phi) is 3.66. The second-order valence-electron chi connectivity index (χ2n) is 6.13. The Bertz CT molecular complexity index is 795. The molecule has 0 radical (unpaired) electrons. The number of sulfonamides is 1. The van der Waals surface area contributed by atoms with Crippen LogP contribution in [0.15, 0.2) is 41.6 Å². The number of hydrogen-bond acceptors (Lipinski definition) is 4. The number of halogens is 1. The van der Waals surface area contributed by atoms with E-state index in [2.05, 4.69) is 10.2 Å². The number of aromatic nitrogens is 3. The zero-order chi connectivity index (χ0) is 16.0. The van der Waals surface area contributed by atoms with Crippen LogP contribution >= 0.6 is 11.6 Å². The average molecular weight is 353 g/mol. The molecule has 0 aliphatic carbocycles. The van der Waals surface area contributed by atoms with Gasteiger partial charge >= 0.3 is 0 Å². The topological polar surface area (TPSA) is 68.1 Å². The number of piperidine rings is 1. The monoisotopic (exact) mass is 352 g/mol. The van der Waals surface area contributed by atoms with E-state index in [9.17, 15) is 8.42 Å². The minimum Gasteiger partial charge on any atom is -0.207 e. The number of nitrogens with zero attached hydrogens (tertiary/aromatic N) is 4. The molecule has 8 heteroatoms. The first-order chi connectivity index (χ1) is 11.1. The van der Waals surface area contributed by atoms with Crippen molar-refractivity contribution >= 4 is 21.6 Å². The zero-order valence-electron chi connectivity index (χ0n) is 12.4. The molecule has 2 aromatic rings. The summed E-state index contributed by atoms with van der Waals surface area (Å²) in [6.07, 6.45) is 6.57. The second kappa shape index (κ2) is 5.58. The summed E-state index contributed by atoms with van der Waals surface area (Å²) in [7, 11) is -3.57. The summed E-state index contributed by atoms with van der Waals surface area (Å²) in [6, 6.07) is 6.80. The molecular formula is C15H17ClN4O2S. The fourth-order valence-corrected chi connectivity index (χ4v) is 6.26.